The summed E-state index contributed by atoms with van der Waals surface area (Å²) in [5.41, 5.74) is 5.10. The number of carbonyl (C=O) groups is 2. The van der Waals surface area contributed by atoms with Crippen molar-refractivity contribution < 1.29 is 9.59 Å². The van der Waals surface area contributed by atoms with Crippen molar-refractivity contribution in [3.8, 4) is 0 Å². The maximum absolute atomic E-state index is 12.9. The van der Waals surface area contributed by atoms with Crippen LogP contribution in [0.3, 0.4) is 0 Å². The van der Waals surface area contributed by atoms with Crippen LogP contribution in [-0.4, -0.2) is 31.1 Å². The van der Waals surface area contributed by atoms with E-state index in [1.165, 1.54) is 10.7 Å². The van der Waals surface area contributed by atoms with Crippen molar-refractivity contribution >= 4 is 33.5 Å². The van der Waals surface area contributed by atoms with Crippen LogP contribution >= 0.6 is 0 Å². The van der Waals surface area contributed by atoms with Gasteiger partial charge in [0.05, 0.1) is 16.3 Å². The van der Waals surface area contributed by atoms with Crippen LogP contribution in [0.25, 0.3) is 21.7 Å². The SMILES string of the molecule is CCn1nc(C(=O)NNC(=O)c2ccc3c(=O)n4c(nc3c2)CCCCC4)c2ccccc2c1=O. The van der Waals surface area contributed by atoms with Gasteiger partial charge < -0.3 is 0 Å². The third-order valence-corrected chi connectivity index (χ3v) is 6.25. The predicted molar refractivity (Wildman–Crippen MR) is 130 cm³/mol. The number of nitrogens with one attached hydrogen (secondary N) is 2. The monoisotopic (exact) mass is 472 g/mol. The van der Waals surface area contributed by atoms with E-state index in [2.05, 4.69) is 20.9 Å². The molecule has 178 valence electrons. The molecule has 0 fully saturated rings. The number of carbonyl (C=O) groups excluding carboxylic acids is 2. The molecule has 4 aromatic rings. The Morgan fingerprint density at radius 2 is 1.69 bits per heavy atom. The summed E-state index contributed by atoms with van der Waals surface area (Å²) in [5, 5.41) is 5.38. The Morgan fingerprint density at radius 3 is 2.49 bits per heavy atom. The van der Waals surface area contributed by atoms with Gasteiger partial charge in [-0.25, -0.2) is 9.67 Å². The van der Waals surface area contributed by atoms with Gasteiger partial charge in [0.2, 0.25) is 0 Å². The molecule has 0 bridgehead atoms. The zero-order valence-corrected chi connectivity index (χ0v) is 19.2. The molecule has 0 saturated carbocycles. The first-order valence-corrected chi connectivity index (χ1v) is 11.6. The predicted octanol–water partition coefficient (Wildman–Crippen LogP) is 1.93. The zero-order chi connectivity index (χ0) is 24.5. The molecule has 2 amide bonds. The largest absolute Gasteiger partial charge is 0.296 e. The zero-order valence-electron chi connectivity index (χ0n) is 19.2. The van der Waals surface area contributed by atoms with Crippen LogP contribution in [0.1, 0.15) is 52.9 Å². The number of hydrogen-bond donors (Lipinski definition) is 2. The van der Waals surface area contributed by atoms with E-state index in [0.717, 1.165) is 31.5 Å². The Kier molecular flexibility index (Phi) is 5.86. The molecule has 1 aliphatic heterocycles. The van der Waals surface area contributed by atoms with Crippen molar-refractivity contribution in [3.05, 3.63) is 80.3 Å². The van der Waals surface area contributed by atoms with E-state index in [-0.39, 0.29) is 22.4 Å². The van der Waals surface area contributed by atoms with E-state index >= 15 is 0 Å². The lowest BCUT2D eigenvalue weighted by Crippen LogP contribution is -2.42. The van der Waals surface area contributed by atoms with Gasteiger partial charge in [-0.2, -0.15) is 5.10 Å². The van der Waals surface area contributed by atoms with Gasteiger partial charge >= 0.3 is 0 Å². The van der Waals surface area contributed by atoms with Gasteiger partial charge in [0, 0.05) is 30.5 Å². The fourth-order valence-corrected chi connectivity index (χ4v) is 4.42. The molecule has 0 atom stereocenters. The second kappa shape index (κ2) is 9.13. The number of aryl methyl sites for hydroxylation is 2. The second-order valence-electron chi connectivity index (χ2n) is 8.45. The Bertz CT molecular complexity index is 1600. The molecule has 10 heteroatoms. The van der Waals surface area contributed by atoms with Crippen molar-refractivity contribution in [1.29, 1.82) is 0 Å². The highest BCUT2D eigenvalue weighted by Crippen LogP contribution is 2.17. The van der Waals surface area contributed by atoms with Crippen molar-refractivity contribution in [2.45, 2.75) is 45.7 Å². The minimum absolute atomic E-state index is 0.0262. The molecular weight excluding hydrogens is 448 g/mol. The lowest BCUT2D eigenvalue weighted by molar-refractivity contribution is 0.0843. The smallest absolute Gasteiger partial charge is 0.290 e. The van der Waals surface area contributed by atoms with Crippen molar-refractivity contribution in [3.63, 3.8) is 0 Å². The lowest BCUT2D eigenvalue weighted by atomic mass is 10.1. The number of fused-ring (bicyclic) bond motifs is 3. The number of nitrogens with zero attached hydrogens (tertiary/aromatic N) is 4. The van der Waals surface area contributed by atoms with E-state index < -0.39 is 11.8 Å². The van der Waals surface area contributed by atoms with Crippen molar-refractivity contribution in [1.82, 2.24) is 30.2 Å². The highest BCUT2D eigenvalue weighted by Gasteiger charge is 2.18. The Hall–Kier alpha value is -4.34. The van der Waals surface area contributed by atoms with Crippen LogP contribution in [0, 0.1) is 0 Å². The summed E-state index contributed by atoms with van der Waals surface area (Å²) >= 11 is 0. The van der Waals surface area contributed by atoms with Gasteiger partial charge in [0.25, 0.3) is 22.9 Å². The third-order valence-electron chi connectivity index (χ3n) is 6.25. The maximum Gasteiger partial charge on any atom is 0.290 e. The number of rotatable bonds is 3. The van der Waals surface area contributed by atoms with Crippen LogP contribution in [0.5, 0.6) is 0 Å². The first-order valence-electron chi connectivity index (χ1n) is 11.6. The van der Waals surface area contributed by atoms with E-state index in [0.29, 0.717) is 34.8 Å². The molecule has 2 aromatic heterocycles. The minimum Gasteiger partial charge on any atom is -0.296 e. The molecule has 0 aliphatic carbocycles. The van der Waals surface area contributed by atoms with Crippen molar-refractivity contribution in [2.24, 2.45) is 0 Å². The maximum atomic E-state index is 12.9. The molecule has 1 aliphatic rings. The average Bonchev–Trinajstić information content (AvgIpc) is 3.13. The molecule has 2 N–H and O–H groups in total. The fourth-order valence-electron chi connectivity index (χ4n) is 4.42. The summed E-state index contributed by atoms with van der Waals surface area (Å²) in [7, 11) is 0. The first kappa shape index (κ1) is 22.5. The van der Waals surface area contributed by atoms with E-state index in [9.17, 15) is 19.2 Å². The normalized spacial score (nSPS) is 13.3. The van der Waals surface area contributed by atoms with Crippen LogP contribution in [0.2, 0.25) is 0 Å². The van der Waals surface area contributed by atoms with Crippen LogP contribution in [0.4, 0.5) is 0 Å². The molecule has 0 saturated heterocycles. The molecule has 10 nitrogen and oxygen atoms in total. The van der Waals surface area contributed by atoms with Crippen LogP contribution in [0.15, 0.2) is 52.1 Å². The molecule has 35 heavy (non-hydrogen) atoms. The third kappa shape index (κ3) is 4.07. The molecule has 0 spiro atoms. The number of hydrazine groups is 1. The van der Waals surface area contributed by atoms with Crippen molar-refractivity contribution in [2.75, 3.05) is 0 Å². The van der Waals surface area contributed by atoms with Gasteiger partial charge in [-0.15, -0.1) is 0 Å². The summed E-state index contributed by atoms with van der Waals surface area (Å²) in [4.78, 5) is 55.7. The van der Waals surface area contributed by atoms with Gasteiger partial charge in [-0.3, -0.25) is 34.6 Å². The number of benzene rings is 2. The summed E-state index contributed by atoms with van der Waals surface area (Å²) in [6.07, 6.45) is 3.68. The molecule has 2 aromatic carbocycles. The second-order valence-corrected chi connectivity index (χ2v) is 8.45. The number of hydrogen-bond acceptors (Lipinski definition) is 6. The highest BCUT2D eigenvalue weighted by atomic mass is 16.2. The Morgan fingerprint density at radius 1 is 0.914 bits per heavy atom. The molecular formula is C25H24N6O4. The average molecular weight is 473 g/mol. The molecule has 0 radical (unpaired) electrons. The lowest BCUT2D eigenvalue weighted by Gasteiger charge is -2.12. The fraction of sp³-hybridized carbons (Fsp3) is 0.280. The van der Waals surface area contributed by atoms with Gasteiger partial charge in [0.1, 0.15) is 5.82 Å². The van der Waals surface area contributed by atoms with Gasteiger partial charge in [-0.1, -0.05) is 24.6 Å². The Labute approximate surface area is 199 Å². The van der Waals surface area contributed by atoms with E-state index in [1.807, 2.05) is 0 Å². The summed E-state index contributed by atoms with van der Waals surface area (Å²) in [5.74, 6) is -0.487. The topological polar surface area (TPSA) is 128 Å². The summed E-state index contributed by atoms with van der Waals surface area (Å²) < 4.78 is 2.93. The van der Waals surface area contributed by atoms with Gasteiger partial charge in [0.15, 0.2) is 5.69 Å². The highest BCUT2D eigenvalue weighted by molar-refractivity contribution is 6.06. The Balaban J connectivity index is 1.40. The van der Waals surface area contributed by atoms with Gasteiger partial charge in [-0.05, 0) is 44.0 Å². The molecule has 5 rings (SSSR count). The molecule has 0 unspecified atom stereocenters. The molecule has 3 heterocycles. The quantitative estimate of drug-likeness (QED) is 0.439. The summed E-state index contributed by atoms with van der Waals surface area (Å²) in [6, 6.07) is 11.4. The van der Waals surface area contributed by atoms with E-state index in [4.69, 9.17) is 0 Å². The number of aromatic nitrogens is 4. The minimum atomic E-state index is -0.653. The number of amides is 2. The van der Waals surface area contributed by atoms with Crippen LogP contribution < -0.4 is 22.0 Å². The summed E-state index contributed by atoms with van der Waals surface area (Å²) in [6.45, 7) is 2.70. The standard InChI is InChI=1S/C25H24N6O4/c1-2-31-25(35)17-9-6-5-8-16(17)21(29-31)23(33)28-27-22(32)15-11-12-18-19(14-15)26-20-10-4-3-7-13-30(20)24(18)34/h5-6,8-9,11-12,14H,2-4,7,10,13H2,1H3,(H,27,32)(H,28,33). The van der Waals surface area contributed by atoms with Crippen LogP contribution in [-0.2, 0) is 19.5 Å². The van der Waals surface area contributed by atoms with E-state index in [1.54, 1.807) is 47.9 Å². The first-order chi connectivity index (χ1) is 17.0.